The van der Waals surface area contributed by atoms with Crippen molar-refractivity contribution in [2.24, 2.45) is 0 Å². The zero-order valence-electron chi connectivity index (χ0n) is 17.4. The number of aromatic nitrogens is 1. The van der Waals surface area contributed by atoms with Crippen molar-refractivity contribution in [2.75, 3.05) is 13.2 Å². The molecule has 0 saturated carbocycles. The lowest BCUT2D eigenvalue weighted by molar-refractivity contribution is -0.136. The zero-order chi connectivity index (χ0) is 21.1. The lowest BCUT2D eigenvalue weighted by Crippen LogP contribution is -2.32. The Morgan fingerprint density at radius 1 is 1.07 bits per heavy atom. The van der Waals surface area contributed by atoms with Crippen LogP contribution in [-0.2, 0) is 20.7 Å². The monoisotopic (exact) mass is 402 g/mol. The highest BCUT2D eigenvalue weighted by Crippen LogP contribution is 2.32. The first-order valence-electron chi connectivity index (χ1n) is 10.5. The van der Waals surface area contributed by atoms with Gasteiger partial charge in [-0.2, -0.15) is 0 Å². The van der Waals surface area contributed by atoms with Crippen LogP contribution in [0.1, 0.15) is 43.0 Å². The zero-order valence-corrected chi connectivity index (χ0v) is 17.4. The minimum atomic E-state index is -0.419. The van der Waals surface area contributed by atoms with E-state index >= 15 is 0 Å². The molecule has 1 aromatic heterocycles. The predicted molar refractivity (Wildman–Crippen MR) is 118 cm³/mol. The maximum absolute atomic E-state index is 13.5. The smallest absolute Gasteiger partial charge is 0.341 e. The van der Waals surface area contributed by atoms with Crippen molar-refractivity contribution >= 4 is 28.4 Å². The van der Waals surface area contributed by atoms with E-state index in [4.69, 9.17) is 4.74 Å². The third-order valence-electron chi connectivity index (χ3n) is 5.66. The largest absolute Gasteiger partial charge is 0.462 e. The molecule has 1 N–H and O–H groups in total. The molecule has 2 heterocycles. The number of H-pyrrole nitrogens is 1. The molecular weight excluding hydrogens is 376 g/mol. The summed E-state index contributed by atoms with van der Waals surface area (Å²) in [5, 5.41) is 1.08. The molecule has 1 aliphatic heterocycles. The quantitative estimate of drug-likeness (QED) is 0.632. The van der Waals surface area contributed by atoms with Gasteiger partial charge >= 0.3 is 5.97 Å². The third kappa shape index (κ3) is 3.63. The van der Waals surface area contributed by atoms with Crippen LogP contribution in [0.5, 0.6) is 0 Å². The van der Waals surface area contributed by atoms with Crippen LogP contribution < -0.4 is 0 Å². The predicted octanol–water partition coefficient (Wildman–Crippen LogP) is 4.65. The summed E-state index contributed by atoms with van der Waals surface area (Å²) in [6.07, 6.45) is 3.03. The maximum Gasteiger partial charge on any atom is 0.341 e. The molecule has 0 saturated heterocycles. The number of fused-ring (bicyclic) bond motifs is 3. The van der Waals surface area contributed by atoms with Crippen molar-refractivity contribution in [2.45, 2.75) is 32.6 Å². The summed E-state index contributed by atoms with van der Waals surface area (Å²) in [4.78, 5) is 31.3. The van der Waals surface area contributed by atoms with Crippen LogP contribution in [-0.4, -0.2) is 34.9 Å². The fraction of sp³-hybridized carbons (Fsp3) is 0.280. The number of hydrogen-bond donors (Lipinski definition) is 1. The number of rotatable bonds is 5. The molecule has 1 aliphatic rings. The number of nitrogens with one attached hydrogen (secondary N) is 1. The number of aromatic amines is 1. The summed E-state index contributed by atoms with van der Waals surface area (Å²) in [5.74, 6) is -0.670. The van der Waals surface area contributed by atoms with Crippen LogP contribution in [0.3, 0.4) is 0 Å². The van der Waals surface area contributed by atoms with Gasteiger partial charge < -0.3 is 14.6 Å². The molecule has 5 nitrogen and oxygen atoms in total. The topological polar surface area (TPSA) is 62.4 Å². The first kappa shape index (κ1) is 20.0. The van der Waals surface area contributed by atoms with E-state index in [-0.39, 0.29) is 18.4 Å². The van der Waals surface area contributed by atoms with Gasteiger partial charge in [0.15, 0.2) is 0 Å². The average Bonchev–Trinajstić information content (AvgIpc) is 3.02. The molecule has 1 amide bonds. The summed E-state index contributed by atoms with van der Waals surface area (Å²) < 4.78 is 5.32. The van der Waals surface area contributed by atoms with Crippen molar-refractivity contribution in [3.63, 3.8) is 0 Å². The van der Waals surface area contributed by atoms with Gasteiger partial charge in [0.05, 0.1) is 23.8 Å². The summed E-state index contributed by atoms with van der Waals surface area (Å²) in [5.41, 5.74) is 4.17. The number of hydrogen-bond acceptors (Lipinski definition) is 3. The fourth-order valence-electron chi connectivity index (χ4n) is 4.18. The Kier molecular flexibility index (Phi) is 5.70. The van der Waals surface area contributed by atoms with Crippen LogP contribution in [0, 0.1) is 0 Å². The van der Waals surface area contributed by atoms with Gasteiger partial charge in [-0.1, -0.05) is 55.5 Å². The number of ether oxygens (including phenoxy) is 1. The molecule has 1 atom stereocenters. The third-order valence-corrected chi connectivity index (χ3v) is 5.66. The Hall–Kier alpha value is -3.34. The van der Waals surface area contributed by atoms with Crippen LogP contribution in [0.2, 0.25) is 0 Å². The van der Waals surface area contributed by atoms with E-state index in [9.17, 15) is 9.59 Å². The van der Waals surface area contributed by atoms with Crippen molar-refractivity contribution in [1.29, 1.82) is 0 Å². The van der Waals surface area contributed by atoms with Gasteiger partial charge in [-0.3, -0.25) is 4.79 Å². The minimum absolute atomic E-state index is 0.0000397. The van der Waals surface area contributed by atoms with Gasteiger partial charge in [0.25, 0.3) is 0 Å². The Morgan fingerprint density at radius 3 is 2.53 bits per heavy atom. The Balaban J connectivity index is 1.76. The average molecular weight is 402 g/mol. The molecule has 1 unspecified atom stereocenters. The van der Waals surface area contributed by atoms with Gasteiger partial charge in [-0.05, 0) is 37.0 Å². The molecule has 2 aromatic carbocycles. The second kappa shape index (κ2) is 8.57. The van der Waals surface area contributed by atoms with Gasteiger partial charge in [-0.25, -0.2) is 4.79 Å². The fourth-order valence-corrected chi connectivity index (χ4v) is 4.18. The van der Waals surface area contributed by atoms with Gasteiger partial charge in [0.1, 0.15) is 0 Å². The highest BCUT2D eigenvalue weighted by molar-refractivity contribution is 6.18. The number of carbonyl (C=O) groups excluding carboxylic acids is 2. The number of amides is 1. The molecule has 4 rings (SSSR count). The second-order valence-corrected chi connectivity index (χ2v) is 7.44. The van der Waals surface area contributed by atoms with Crippen molar-refractivity contribution in [1.82, 2.24) is 9.88 Å². The standard InChI is InChI=1S/C25H26N2O3/c1-3-18(17-10-6-5-7-11-17)24(28)27-15-14-20-19-12-8-9-13-22(19)26-23(20)21(16-27)25(29)30-4-2/h5-13,16,18,26H,3-4,14-15H2,1-2H3. The molecule has 0 fully saturated rings. The molecule has 0 spiro atoms. The van der Waals surface area contributed by atoms with E-state index in [1.165, 1.54) is 0 Å². The molecule has 3 aromatic rings. The Labute approximate surface area is 176 Å². The highest BCUT2D eigenvalue weighted by Gasteiger charge is 2.30. The molecule has 0 bridgehead atoms. The molecule has 154 valence electrons. The summed E-state index contributed by atoms with van der Waals surface area (Å²) in [7, 11) is 0. The molecule has 5 heteroatoms. The van der Waals surface area contributed by atoms with E-state index in [1.807, 2.05) is 61.5 Å². The second-order valence-electron chi connectivity index (χ2n) is 7.44. The molecular formula is C25H26N2O3. The number of carbonyl (C=O) groups is 2. The van der Waals surface area contributed by atoms with E-state index in [2.05, 4.69) is 4.98 Å². The van der Waals surface area contributed by atoms with Crippen molar-refractivity contribution in [3.05, 3.63) is 77.6 Å². The van der Waals surface area contributed by atoms with Crippen LogP contribution in [0.4, 0.5) is 0 Å². The molecule has 30 heavy (non-hydrogen) atoms. The lowest BCUT2D eigenvalue weighted by atomic mass is 9.95. The lowest BCUT2D eigenvalue weighted by Gasteiger charge is -2.24. The molecule has 0 aliphatic carbocycles. The normalized spacial score (nSPS) is 14.6. The number of para-hydroxylation sites is 1. The Bertz CT molecular complexity index is 1100. The van der Waals surface area contributed by atoms with E-state index in [1.54, 1.807) is 18.0 Å². The van der Waals surface area contributed by atoms with Crippen molar-refractivity contribution < 1.29 is 14.3 Å². The SMILES string of the molecule is CCOC(=O)C1=CN(C(=O)C(CC)c2ccccc2)CCc2c1[nH]c1ccccc21. The van der Waals surface area contributed by atoms with Crippen LogP contribution in [0.25, 0.3) is 16.5 Å². The maximum atomic E-state index is 13.5. The highest BCUT2D eigenvalue weighted by atomic mass is 16.5. The van der Waals surface area contributed by atoms with Crippen LogP contribution >= 0.6 is 0 Å². The summed E-state index contributed by atoms with van der Waals surface area (Å²) in [6, 6.07) is 17.8. The first-order chi connectivity index (χ1) is 14.6. The van der Waals surface area contributed by atoms with Crippen molar-refractivity contribution in [3.8, 4) is 0 Å². The van der Waals surface area contributed by atoms with Crippen LogP contribution in [0.15, 0.2) is 60.8 Å². The molecule has 0 radical (unpaired) electrons. The van der Waals surface area contributed by atoms with E-state index in [0.717, 1.165) is 27.7 Å². The van der Waals surface area contributed by atoms with Gasteiger partial charge in [0.2, 0.25) is 5.91 Å². The summed E-state index contributed by atoms with van der Waals surface area (Å²) in [6.45, 7) is 4.59. The number of benzene rings is 2. The van der Waals surface area contributed by atoms with Gasteiger partial charge in [0, 0.05) is 23.6 Å². The van der Waals surface area contributed by atoms with Gasteiger partial charge in [-0.15, -0.1) is 0 Å². The first-order valence-corrected chi connectivity index (χ1v) is 10.5. The van der Waals surface area contributed by atoms with E-state index in [0.29, 0.717) is 25.0 Å². The Morgan fingerprint density at radius 2 is 1.80 bits per heavy atom. The number of nitrogens with zero attached hydrogens (tertiary/aromatic N) is 1. The summed E-state index contributed by atoms with van der Waals surface area (Å²) >= 11 is 0. The number of esters is 1. The minimum Gasteiger partial charge on any atom is -0.462 e. The van der Waals surface area contributed by atoms with E-state index < -0.39 is 5.97 Å².